The molecule has 44 heavy (non-hydrogen) atoms. The molecule has 0 aliphatic heterocycles. The Morgan fingerprint density at radius 1 is 0.568 bits per heavy atom. The summed E-state index contributed by atoms with van der Waals surface area (Å²) in [4.78, 5) is 50.6. The van der Waals surface area contributed by atoms with Crippen LogP contribution in [0.4, 0.5) is 9.59 Å². The number of carbonyl (C=O) groups excluding carboxylic acids is 2. The monoisotopic (exact) mass is 632 g/mol. The van der Waals surface area contributed by atoms with E-state index in [4.69, 9.17) is 29.2 Å². The molecule has 12 heteroatoms. The highest BCUT2D eigenvalue weighted by Crippen LogP contribution is 2.16. The van der Waals surface area contributed by atoms with Crippen molar-refractivity contribution in [2.24, 2.45) is 0 Å². The van der Waals surface area contributed by atoms with Crippen molar-refractivity contribution < 1.29 is 48.3 Å². The maximum atomic E-state index is 12.4. The average Bonchev–Trinajstić information content (AvgIpc) is 2.95. The Morgan fingerprint density at radius 2 is 0.977 bits per heavy atom. The van der Waals surface area contributed by atoms with E-state index in [1.807, 2.05) is 23.9 Å². The summed E-state index contributed by atoms with van der Waals surface area (Å²) < 4.78 is 21.7. The summed E-state index contributed by atoms with van der Waals surface area (Å²) in [5, 5.41) is 17.9. The first-order valence-corrected chi connectivity index (χ1v) is 16.5. The van der Waals surface area contributed by atoms with E-state index < -0.39 is 24.2 Å². The predicted molar refractivity (Wildman–Crippen MR) is 168 cm³/mol. The molecule has 0 saturated heterocycles. The summed E-state index contributed by atoms with van der Waals surface area (Å²) in [6.07, 6.45) is 9.24. The molecule has 2 atom stereocenters. The highest BCUT2D eigenvalue weighted by atomic mass is 16.7. The molecule has 2 unspecified atom stereocenters. The number of carboxylic acid groups (broad SMARTS) is 2. The van der Waals surface area contributed by atoms with Crippen LogP contribution in [0, 0.1) is 0 Å². The maximum Gasteiger partial charge on any atom is 0.508 e. The zero-order chi connectivity index (χ0) is 33.0. The molecule has 0 heterocycles. The quantitative estimate of drug-likeness (QED) is 0.0698. The maximum absolute atomic E-state index is 12.4. The van der Waals surface area contributed by atoms with Crippen LogP contribution in [0.2, 0.25) is 0 Å². The lowest BCUT2D eigenvalue weighted by atomic mass is 10.0. The van der Waals surface area contributed by atoms with E-state index in [1.54, 1.807) is 0 Å². The van der Waals surface area contributed by atoms with E-state index in [9.17, 15) is 19.2 Å². The standard InChI is InChI=1S/C32H60N2O10/c1-5-7-9-11-15-27(17-13-19-29(35)36)43-31(39)41-25-23-34(22-21-33(3)4)24-26-42-32(40)44-28(16-12-10-8-6-2)18-14-20-30(37)38/h27-28H,5-26H2,1-4H3,(H,35,36)(H,37,38). The minimum Gasteiger partial charge on any atom is -0.481 e. The van der Waals surface area contributed by atoms with Gasteiger partial charge < -0.3 is 34.1 Å². The Labute approximate surface area is 264 Å². The van der Waals surface area contributed by atoms with E-state index in [2.05, 4.69) is 13.8 Å². The second kappa shape index (κ2) is 27.9. The fraction of sp³-hybridized carbons (Fsp3) is 0.875. The van der Waals surface area contributed by atoms with Gasteiger partial charge in [-0.25, -0.2) is 9.59 Å². The van der Waals surface area contributed by atoms with Gasteiger partial charge in [0.15, 0.2) is 0 Å². The molecule has 0 aromatic heterocycles. The van der Waals surface area contributed by atoms with Crippen LogP contribution in [-0.2, 0) is 28.5 Å². The van der Waals surface area contributed by atoms with Crippen molar-refractivity contribution in [1.29, 1.82) is 0 Å². The highest BCUT2D eigenvalue weighted by molar-refractivity contribution is 5.67. The lowest BCUT2D eigenvalue weighted by molar-refractivity contribution is -0.138. The number of carboxylic acids is 2. The van der Waals surface area contributed by atoms with Gasteiger partial charge in [0.2, 0.25) is 0 Å². The van der Waals surface area contributed by atoms with Gasteiger partial charge in [-0.3, -0.25) is 14.5 Å². The summed E-state index contributed by atoms with van der Waals surface area (Å²) in [6.45, 7) is 6.67. The molecule has 12 nitrogen and oxygen atoms in total. The number of likely N-dealkylation sites (N-methyl/N-ethyl adjacent to an activating group) is 1. The third-order valence-corrected chi connectivity index (χ3v) is 7.24. The molecule has 0 amide bonds. The number of aliphatic carboxylic acids is 2. The fourth-order valence-electron chi connectivity index (χ4n) is 4.62. The zero-order valence-electron chi connectivity index (χ0n) is 27.8. The normalized spacial score (nSPS) is 12.6. The zero-order valence-corrected chi connectivity index (χ0v) is 27.8. The van der Waals surface area contributed by atoms with E-state index in [-0.39, 0.29) is 38.3 Å². The van der Waals surface area contributed by atoms with Gasteiger partial charge in [-0.15, -0.1) is 0 Å². The molecule has 0 spiro atoms. The molecule has 0 bridgehead atoms. The van der Waals surface area contributed by atoms with Crippen LogP contribution in [0.5, 0.6) is 0 Å². The Kier molecular flexibility index (Phi) is 26.3. The van der Waals surface area contributed by atoms with Crippen molar-refractivity contribution >= 4 is 24.2 Å². The smallest absolute Gasteiger partial charge is 0.481 e. The molecule has 0 aromatic carbocycles. The Bertz CT molecular complexity index is 709. The van der Waals surface area contributed by atoms with Crippen LogP contribution in [0.3, 0.4) is 0 Å². The minimum atomic E-state index is -0.870. The second-order valence-electron chi connectivity index (χ2n) is 11.6. The lowest BCUT2D eigenvalue weighted by Crippen LogP contribution is -2.37. The number of hydrogen-bond acceptors (Lipinski definition) is 10. The average molecular weight is 633 g/mol. The van der Waals surface area contributed by atoms with E-state index >= 15 is 0 Å². The summed E-state index contributed by atoms with van der Waals surface area (Å²) in [5.74, 6) is -1.74. The Hall–Kier alpha value is -2.60. The number of carbonyl (C=O) groups is 4. The molecule has 0 aliphatic carbocycles. The number of ether oxygens (including phenoxy) is 4. The largest absolute Gasteiger partial charge is 0.508 e. The lowest BCUT2D eigenvalue weighted by Gasteiger charge is -2.24. The van der Waals surface area contributed by atoms with Crippen molar-refractivity contribution in [3.8, 4) is 0 Å². The van der Waals surface area contributed by atoms with Crippen molar-refractivity contribution in [2.45, 2.75) is 129 Å². The van der Waals surface area contributed by atoms with Gasteiger partial charge in [0.05, 0.1) is 0 Å². The Balaban J connectivity index is 4.75. The second-order valence-corrected chi connectivity index (χ2v) is 11.6. The first-order chi connectivity index (χ1) is 21.1. The number of nitrogens with zero attached hydrogens (tertiary/aromatic N) is 2. The fourth-order valence-corrected chi connectivity index (χ4v) is 4.62. The van der Waals surface area contributed by atoms with Crippen LogP contribution in [0.1, 0.15) is 117 Å². The predicted octanol–water partition coefficient (Wildman–Crippen LogP) is 6.34. The molecule has 0 saturated carbocycles. The van der Waals surface area contributed by atoms with Gasteiger partial charge >= 0.3 is 24.2 Å². The van der Waals surface area contributed by atoms with Gasteiger partial charge in [-0.1, -0.05) is 52.4 Å². The molecule has 0 fully saturated rings. The summed E-state index contributed by atoms with van der Waals surface area (Å²) in [7, 11) is 3.91. The molecule has 2 N–H and O–H groups in total. The molecule has 0 rings (SSSR count). The third kappa shape index (κ3) is 27.0. The molecule has 258 valence electrons. The number of unbranched alkanes of at least 4 members (excludes halogenated alkanes) is 6. The van der Waals surface area contributed by atoms with Crippen LogP contribution in [0.25, 0.3) is 0 Å². The number of hydrogen-bond donors (Lipinski definition) is 2. The summed E-state index contributed by atoms with van der Waals surface area (Å²) in [6, 6.07) is 0. The van der Waals surface area contributed by atoms with Crippen LogP contribution < -0.4 is 0 Å². The van der Waals surface area contributed by atoms with Crippen molar-refractivity contribution in [1.82, 2.24) is 9.80 Å². The topological polar surface area (TPSA) is 152 Å². The van der Waals surface area contributed by atoms with E-state index in [0.717, 1.165) is 57.9 Å². The van der Waals surface area contributed by atoms with Crippen molar-refractivity contribution in [2.75, 3.05) is 53.5 Å². The van der Waals surface area contributed by atoms with Gasteiger partial charge in [-0.2, -0.15) is 0 Å². The molecular weight excluding hydrogens is 572 g/mol. The minimum absolute atomic E-state index is 0.0324. The molecule has 0 aliphatic rings. The van der Waals surface area contributed by atoms with Crippen molar-refractivity contribution in [3.05, 3.63) is 0 Å². The van der Waals surface area contributed by atoms with Gasteiger partial charge in [0, 0.05) is 39.0 Å². The first-order valence-electron chi connectivity index (χ1n) is 16.5. The molecule has 0 radical (unpaired) electrons. The van der Waals surface area contributed by atoms with Crippen molar-refractivity contribution in [3.63, 3.8) is 0 Å². The SMILES string of the molecule is CCCCCCC(CCCC(=O)O)OC(=O)OCCN(CCOC(=O)OC(CCCCCC)CCCC(=O)O)CCN(C)C. The van der Waals surface area contributed by atoms with E-state index in [1.165, 1.54) is 0 Å². The summed E-state index contributed by atoms with van der Waals surface area (Å²) in [5.41, 5.74) is 0. The van der Waals surface area contributed by atoms with Crippen LogP contribution >= 0.6 is 0 Å². The first kappa shape index (κ1) is 41.4. The van der Waals surface area contributed by atoms with E-state index in [0.29, 0.717) is 58.2 Å². The Morgan fingerprint density at radius 3 is 1.34 bits per heavy atom. The van der Waals surface area contributed by atoms with Gasteiger partial charge in [0.1, 0.15) is 25.4 Å². The van der Waals surface area contributed by atoms with Crippen LogP contribution in [-0.4, -0.2) is 110 Å². The summed E-state index contributed by atoms with van der Waals surface area (Å²) >= 11 is 0. The third-order valence-electron chi connectivity index (χ3n) is 7.24. The molecule has 0 aromatic rings. The molecular formula is C32H60N2O10. The van der Waals surface area contributed by atoms with Gasteiger partial charge in [-0.05, 0) is 65.5 Å². The number of rotatable bonds is 29. The van der Waals surface area contributed by atoms with Crippen LogP contribution in [0.15, 0.2) is 0 Å². The highest BCUT2D eigenvalue weighted by Gasteiger charge is 2.19. The van der Waals surface area contributed by atoms with Gasteiger partial charge in [0.25, 0.3) is 0 Å².